The number of aldehydes is 1. The summed E-state index contributed by atoms with van der Waals surface area (Å²) in [7, 11) is 2.81. The average molecular weight is 386 g/mol. The first-order valence-electron chi connectivity index (χ1n) is 8.87. The molecule has 0 bridgehead atoms. The number of ether oxygens (including phenoxy) is 2. The zero-order valence-corrected chi connectivity index (χ0v) is 16.3. The number of nitrogens with two attached hydrogens (primary N) is 2. The van der Waals surface area contributed by atoms with E-state index in [1.54, 1.807) is 24.3 Å². The molecule has 28 heavy (non-hydrogen) atoms. The normalized spacial score (nSPS) is 10.2. The van der Waals surface area contributed by atoms with E-state index in [0.717, 1.165) is 11.3 Å². The third kappa shape index (κ3) is 4.28. The molecule has 0 aliphatic heterocycles. The smallest absolute Gasteiger partial charge is 0.338 e. The molecule has 2 rings (SSSR count). The van der Waals surface area contributed by atoms with Crippen molar-refractivity contribution in [3.8, 4) is 5.75 Å². The Morgan fingerprint density at radius 1 is 1.04 bits per heavy atom. The summed E-state index contributed by atoms with van der Waals surface area (Å²) in [5.74, 6) is -0.0526. The predicted molar refractivity (Wildman–Crippen MR) is 111 cm³/mol. The molecule has 0 saturated heterocycles. The number of esters is 1. The van der Waals surface area contributed by atoms with Crippen LogP contribution in [0.2, 0.25) is 0 Å². The summed E-state index contributed by atoms with van der Waals surface area (Å²) < 4.78 is 10.00. The van der Waals surface area contributed by atoms with Crippen LogP contribution in [-0.2, 0) is 11.2 Å². The molecule has 0 heterocycles. The Morgan fingerprint density at radius 2 is 1.64 bits per heavy atom. The van der Waals surface area contributed by atoms with E-state index in [2.05, 4.69) is 10.6 Å². The molecule has 0 radical (unpaired) electrons. The second kappa shape index (κ2) is 9.50. The maximum atomic E-state index is 11.9. The molecule has 0 amide bonds. The van der Waals surface area contributed by atoms with Gasteiger partial charge < -0.3 is 31.6 Å². The van der Waals surface area contributed by atoms with Gasteiger partial charge in [0.2, 0.25) is 0 Å². The Morgan fingerprint density at radius 3 is 2.18 bits per heavy atom. The standard InChI is InChI=1S/C20H26N4O4/c1-4-13-14(20(26)28-3)6-8-15(17(13)21)23-9-10-24-16-7-5-12(11-25)19(27-2)18(16)22/h5-8,11,23-24H,4,9-10,21-22H2,1-3H3. The summed E-state index contributed by atoms with van der Waals surface area (Å²) in [4.78, 5) is 22.9. The van der Waals surface area contributed by atoms with Gasteiger partial charge in [0.05, 0.1) is 48.1 Å². The van der Waals surface area contributed by atoms with Gasteiger partial charge in [-0.05, 0) is 36.2 Å². The first kappa shape index (κ1) is 20.9. The minimum absolute atomic E-state index is 0.350. The fraction of sp³-hybridized carbons (Fsp3) is 0.300. The van der Waals surface area contributed by atoms with Crippen molar-refractivity contribution in [2.45, 2.75) is 13.3 Å². The summed E-state index contributed by atoms with van der Waals surface area (Å²) in [6, 6.07) is 6.85. The molecule has 0 aromatic heterocycles. The first-order valence-corrected chi connectivity index (χ1v) is 8.87. The lowest BCUT2D eigenvalue weighted by Gasteiger charge is -2.17. The van der Waals surface area contributed by atoms with Gasteiger partial charge in [0.1, 0.15) is 0 Å². The Bertz CT molecular complexity index is 868. The van der Waals surface area contributed by atoms with Gasteiger partial charge >= 0.3 is 5.97 Å². The highest BCUT2D eigenvalue weighted by molar-refractivity contribution is 5.94. The summed E-state index contributed by atoms with van der Waals surface area (Å²) in [6.45, 7) is 3.04. The highest BCUT2D eigenvalue weighted by Gasteiger charge is 2.16. The number of benzene rings is 2. The second-order valence-electron chi connectivity index (χ2n) is 6.02. The lowest BCUT2D eigenvalue weighted by atomic mass is 10.0. The van der Waals surface area contributed by atoms with Crippen LogP contribution in [0.5, 0.6) is 5.75 Å². The number of methoxy groups -OCH3 is 2. The minimum atomic E-state index is -0.403. The summed E-state index contributed by atoms with van der Waals surface area (Å²) in [6.07, 6.45) is 1.32. The number of rotatable bonds is 9. The van der Waals surface area contributed by atoms with E-state index in [0.29, 0.717) is 59.7 Å². The molecule has 0 fully saturated rings. The molecule has 150 valence electrons. The van der Waals surface area contributed by atoms with Gasteiger partial charge in [0, 0.05) is 13.1 Å². The van der Waals surface area contributed by atoms with Crippen LogP contribution in [0.4, 0.5) is 22.7 Å². The molecule has 8 nitrogen and oxygen atoms in total. The highest BCUT2D eigenvalue weighted by atomic mass is 16.5. The predicted octanol–water partition coefficient (Wildman–Crippen LogP) is 2.55. The van der Waals surface area contributed by atoms with Crippen molar-refractivity contribution in [2.24, 2.45) is 0 Å². The highest BCUT2D eigenvalue weighted by Crippen LogP contribution is 2.32. The Kier molecular flexibility index (Phi) is 7.08. The van der Waals surface area contributed by atoms with Gasteiger partial charge in [-0.15, -0.1) is 0 Å². The lowest BCUT2D eigenvalue weighted by Crippen LogP contribution is -2.17. The largest absolute Gasteiger partial charge is 0.494 e. The van der Waals surface area contributed by atoms with E-state index in [9.17, 15) is 9.59 Å². The molecule has 6 N–H and O–H groups in total. The number of anilines is 4. The Labute approximate surface area is 164 Å². The Balaban J connectivity index is 2.05. The number of carbonyl (C=O) groups is 2. The van der Waals surface area contributed by atoms with Crippen LogP contribution in [0, 0.1) is 0 Å². The third-order valence-corrected chi connectivity index (χ3v) is 4.43. The quantitative estimate of drug-likeness (QED) is 0.224. The van der Waals surface area contributed by atoms with Crippen LogP contribution in [0.25, 0.3) is 0 Å². The van der Waals surface area contributed by atoms with Crippen molar-refractivity contribution < 1.29 is 19.1 Å². The van der Waals surface area contributed by atoms with Gasteiger partial charge in [-0.1, -0.05) is 6.92 Å². The molecule has 0 aliphatic rings. The number of carbonyl (C=O) groups excluding carboxylic acids is 2. The summed E-state index contributed by atoms with van der Waals surface area (Å²) in [5, 5.41) is 6.44. The Hall–Kier alpha value is -3.42. The van der Waals surface area contributed by atoms with Crippen molar-refractivity contribution in [1.29, 1.82) is 0 Å². The van der Waals surface area contributed by atoms with Crippen molar-refractivity contribution in [3.05, 3.63) is 41.0 Å². The van der Waals surface area contributed by atoms with Crippen molar-refractivity contribution >= 4 is 35.0 Å². The number of hydrogen-bond acceptors (Lipinski definition) is 8. The van der Waals surface area contributed by atoms with Crippen molar-refractivity contribution in [2.75, 3.05) is 49.4 Å². The molecule has 0 spiro atoms. The zero-order chi connectivity index (χ0) is 20.7. The van der Waals surface area contributed by atoms with Gasteiger partial charge in [-0.3, -0.25) is 4.79 Å². The number of nitrogens with one attached hydrogen (secondary N) is 2. The first-order chi connectivity index (χ1) is 13.5. The number of hydrogen-bond donors (Lipinski definition) is 4. The van der Waals surface area contributed by atoms with Crippen LogP contribution in [0.1, 0.15) is 33.2 Å². The molecular formula is C20H26N4O4. The van der Waals surface area contributed by atoms with Crippen LogP contribution in [-0.4, -0.2) is 39.6 Å². The zero-order valence-electron chi connectivity index (χ0n) is 16.3. The summed E-state index contributed by atoms with van der Waals surface area (Å²) >= 11 is 0. The van der Waals surface area contributed by atoms with Crippen molar-refractivity contribution in [1.82, 2.24) is 0 Å². The topological polar surface area (TPSA) is 129 Å². The second-order valence-corrected chi connectivity index (χ2v) is 6.02. The van der Waals surface area contributed by atoms with Gasteiger partial charge in [0.15, 0.2) is 12.0 Å². The average Bonchev–Trinajstić information content (AvgIpc) is 2.71. The molecule has 2 aromatic rings. The maximum Gasteiger partial charge on any atom is 0.338 e. The van der Waals surface area contributed by atoms with Crippen LogP contribution in [0.3, 0.4) is 0 Å². The maximum absolute atomic E-state index is 11.9. The van der Waals surface area contributed by atoms with Crippen LogP contribution < -0.4 is 26.8 Å². The van der Waals surface area contributed by atoms with Gasteiger partial charge in [0.25, 0.3) is 0 Å². The summed E-state index contributed by atoms with van der Waals surface area (Å²) in [5.41, 5.74) is 16.2. The molecule has 0 atom stereocenters. The minimum Gasteiger partial charge on any atom is -0.494 e. The van der Waals surface area contributed by atoms with E-state index >= 15 is 0 Å². The fourth-order valence-corrected chi connectivity index (χ4v) is 2.99. The van der Waals surface area contributed by atoms with E-state index in [1.165, 1.54) is 14.2 Å². The van der Waals surface area contributed by atoms with Crippen molar-refractivity contribution in [3.63, 3.8) is 0 Å². The van der Waals surface area contributed by atoms with E-state index < -0.39 is 5.97 Å². The lowest BCUT2D eigenvalue weighted by molar-refractivity contribution is 0.0599. The molecular weight excluding hydrogens is 360 g/mol. The van der Waals surface area contributed by atoms with E-state index in [1.807, 2.05) is 6.92 Å². The van der Waals surface area contributed by atoms with Gasteiger partial charge in [-0.2, -0.15) is 0 Å². The SMILES string of the molecule is CCc1c(C(=O)OC)ccc(NCCNc2ccc(C=O)c(OC)c2N)c1N. The molecule has 8 heteroatoms. The molecule has 0 unspecified atom stereocenters. The molecule has 0 aliphatic carbocycles. The fourth-order valence-electron chi connectivity index (χ4n) is 2.99. The van der Waals surface area contributed by atoms with Gasteiger partial charge in [-0.25, -0.2) is 4.79 Å². The monoisotopic (exact) mass is 386 g/mol. The third-order valence-electron chi connectivity index (χ3n) is 4.43. The van der Waals surface area contributed by atoms with E-state index in [-0.39, 0.29) is 0 Å². The number of nitrogen functional groups attached to an aromatic ring is 2. The van der Waals surface area contributed by atoms with Crippen LogP contribution >= 0.6 is 0 Å². The van der Waals surface area contributed by atoms with E-state index in [4.69, 9.17) is 20.9 Å². The molecule has 2 aromatic carbocycles. The van der Waals surface area contributed by atoms with Crippen LogP contribution in [0.15, 0.2) is 24.3 Å². The molecule has 0 saturated carbocycles.